The first kappa shape index (κ1) is 61.9. The molecule has 0 aliphatic rings. The summed E-state index contributed by atoms with van der Waals surface area (Å²) in [7, 11) is -1.08. The van der Waals surface area contributed by atoms with Gasteiger partial charge in [0.25, 0.3) is 26.0 Å². The van der Waals surface area contributed by atoms with Crippen molar-refractivity contribution in [3.05, 3.63) is 150 Å². The van der Waals surface area contributed by atoms with Crippen LogP contribution in [0.2, 0.25) is 20.1 Å². The first-order valence-corrected chi connectivity index (χ1v) is 25.4. The van der Waals surface area contributed by atoms with Crippen LogP contribution in [0.1, 0.15) is 37.5 Å². The van der Waals surface area contributed by atoms with Crippen molar-refractivity contribution in [2.75, 3.05) is 64.7 Å². The number of rotatable bonds is 16. The number of aromatic nitrogens is 4. The quantitative estimate of drug-likeness (QED) is 0.0290. The summed E-state index contributed by atoms with van der Waals surface area (Å²) < 4.78 is 153. The van der Waals surface area contributed by atoms with E-state index in [1.54, 1.807) is 18.3 Å². The zero-order valence-corrected chi connectivity index (χ0v) is 45.5. The molecule has 0 unspecified atom stereocenters. The summed E-state index contributed by atoms with van der Waals surface area (Å²) in [6.45, 7) is -1.16. The van der Waals surface area contributed by atoms with Crippen LogP contribution in [0.15, 0.2) is 112 Å². The second-order valence-corrected chi connectivity index (χ2v) is 20.4. The van der Waals surface area contributed by atoms with E-state index in [9.17, 15) is 52.8 Å². The number of alkyl halides is 6. The number of methoxy groups -OCH3 is 4. The SMILES string of the molecule is COCN(c1cc(Cl)cnc1Br)S(=O)(=O)c1ccc(Cl)c(C(F)(F)F)c1.COCN(c1cc(Cl)cnc1C(=O)c1cccnc1OC)S(=O)(=O)c1ccc(Cl)c(C(F)(F)F)c1.COc1ncccc1C(=O)N(C)OC. The van der Waals surface area contributed by atoms with Crippen LogP contribution in [0.4, 0.5) is 37.7 Å². The van der Waals surface area contributed by atoms with Gasteiger partial charge in [-0.1, -0.05) is 46.4 Å². The van der Waals surface area contributed by atoms with Gasteiger partial charge in [-0.25, -0.2) is 50.4 Å². The van der Waals surface area contributed by atoms with Crippen LogP contribution in [0.25, 0.3) is 0 Å². The fraction of sp³-hybridized carbons (Fsp3) is 0.227. The van der Waals surface area contributed by atoms with Gasteiger partial charge in [-0.05, 0) is 88.7 Å². The van der Waals surface area contributed by atoms with E-state index < -0.39 is 82.6 Å². The Labute approximate surface area is 453 Å². The minimum Gasteiger partial charge on any atom is -0.480 e. The second-order valence-electron chi connectivity index (χ2n) is 14.2. The number of anilines is 2. The van der Waals surface area contributed by atoms with Crippen LogP contribution in [0, 0.1) is 0 Å². The lowest BCUT2D eigenvalue weighted by atomic mass is 10.1. The lowest BCUT2D eigenvalue weighted by Crippen LogP contribution is -2.34. The van der Waals surface area contributed by atoms with Crippen molar-refractivity contribution in [3.63, 3.8) is 0 Å². The van der Waals surface area contributed by atoms with Crippen molar-refractivity contribution in [1.82, 2.24) is 25.0 Å². The van der Waals surface area contributed by atoms with E-state index in [2.05, 4.69) is 35.9 Å². The molecule has 75 heavy (non-hydrogen) atoms. The van der Waals surface area contributed by atoms with Crippen molar-refractivity contribution in [3.8, 4) is 11.8 Å². The van der Waals surface area contributed by atoms with E-state index in [1.807, 2.05) is 0 Å². The van der Waals surface area contributed by atoms with E-state index in [0.29, 0.717) is 27.9 Å². The van der Waals surface area contributed by atoms with E-state index in [1.165, 1.54) is 66.1 Å². The van der Waals surface area contributed by atoms with Gasteiger partial charge in [0.05, 0.1) is 79.3 Å². The van der Waals surface area contributed by atoms with Gasteiger partial charge in [-0.15, -0.1) is 0 Å². The lowest BCUT2D eigenvalue weighted by Gasteiger charge is -2.25. The van der Waals surface area contributed by atoms with Crippen LogP contribution in [-0.2, 0) is 46.7 Å². The van der Waals surface area contributed by atoms with E-state index >= 15 is 0 Å². The molecule has 1 amide bonds. The monoisotopic (exact) mass is 1240 g/mol. The smallest absolute Gasteiger partial charge is 0.417 e. The molecule has 2 aromatic carbocycles. The van der Waals surface area contributed by atoms with Crippen LogP contribution in [0.3, 0.4) is 0 Å². The average Bonchev–Trinajstić information content (AvgIpc) is 3.37. The zero-order chi connectivity index (χ0) is 56.2. The first-order valence-electron chi connectivity index (χ1n) is 20.2. The molecule has 6 rings (SSSR count). The van der Waals surface area contributed by atoms with Crippen LogP contribution >= 0.6 is 62.3 Å². The Morgan fingerprint density at radius 1 is 0.613 bits per heavy atom. The Balaban J connectivity index is 0.000000266. The molecule has 0 radical (unpaired) electrons. The summed E-state index contributed by atoms with van der Waals surface area (Å²) in [6.07, 6.45) is -4.40. The fourth-order valence-corrected chi connectivity index (χ4v) is 10.1. The molecule has 4 heterocycles. The van der Waals surface area contributed by atoms with Crippen molar-refractivity contribution in [2.24, 2.45) is 0 Å². The summed E-state index contributed by atoms with van der Waals surface area (Å²) in [5.41, 5.74) is -2.99. The number of pyridine rings is 4. The summed E-state index contributed by atoms with van der Waals surface area (Å²) in [5, 5.41) is -0.0942. The van der Waals surface area contributed by atoms with Crippen LogP contribution in [0.5, 0.6) is 11.8 Å². The number of ether oxygens (including phenoxy) is 4. The Kier molecular flexibility index (Phi) is 21.8. The molecule has 0 saturated carbocycles. The highest BCUT2D eigenvalue weighted by Crippen LogP contribution is 2.40. The number of carbonyl (C=O) groups is 2. The highest BCUT2D eigenvalue weighted by molar-refractivity contribution is 9.10. The molecule has 0 bridgehead atoms. The molecule has 0 aliphatic heterocycles. The van der Waals surface area contributed by atoms with Gasteiger partial charge < -0.3 is 18.9 Å². The maximum atomic E-state index is 13.5. The molecular formula is C44H38BrCl4F6N7O11S2. The predicted molar refractivity (Wildman–Crippen MR) is 266 cm³/mol. The standard InChI is InChI=1S/C21H16Cl2F3N3O5S.C14H10BrCl2F3N2O3S.C9H12N2O3/c1-33-11-29(35(31,32)13-5-6-16(23)15(9-13)21(24,25)26)17-8-12(22)10-28-18(17)19(30)14-4-3-7-27-20(14)34-2;1-25-7-22(12-4-8(16)6-21-13(12)15)26(23,24)9-2-3-11(17)10(5-9)14(18,19)20;1-11(14-3)9(12)7-5-4-6-10-8(7)13-2/h3-10H,11H2,1-2H3;2-6H,7H2,1H3;4-6H,1-3H3. The average molecular weight is 1240 g/mol. The number of carbonyl (C=O) groups excluding carboxylic acids is 2. The second kappa shape index (κ2) is 26.4. The molecule has 0 N–H and O–H groups in total. The summed E-state index contributed by atoms with van der Waals surface area (Å²) in [5.74, 6) is -0.822. The number of hydroxylamine groups is 2. The molecule has 0 spiro atoms. The minimum absolute atomic E-state index is 0.00265. The number of halogens is 11. The Morgan fingerprint density at radius 3 is 1.48 bits per heavy atom. The lowest BCUT2D eigenvalue weighted by molar-refractivity contribution is -0.138. The van der Waals surface area contributed by atoms with E-state index in [0.717, 1.165) is 53.0 Å². The molecular weight excluding hydrogens is 1200 g/mol. The number of hydrogen-bond acceptors (Lipinski definition) is 15. The number of benzene rings is 2. The van der Waals surface area contributed by atoms with Crippen molar-refractivity contribution < 1.29 is 76.6 Å². The zero-order valence-electron chi connectivity index (χ0n) is 39.2. The van der Waals surface area contributed by atoms with Crippen LogP contribution < -0.4 is 18.1 Å². The normalized spacial score (nSPS) is 11.6. The van der Waals surface area contributed by atoms with Crippen molar-refractivity contribution >= 4 is 105 Å². The van der Waals surface area contributed by atoms with Gasteiger partial charge in [0.2, 0.25) is 17.5 Å². The van der Waals surface area contributed by atoms with Gasteiger partial charge in [-0.3, -0.25) is 14.4 Å². The predicted octanol–water partition coefficient (Wildman–Crippen LogP) is 10.5. The van der Waals surface area contributed by atoms with Crippen LogP contribution in [-0.4, -0.2) is 110 Å². The highest BCUT2D eigenvalue weighted by atomic mass is 79.9. The van der Waals surface area contributed by atoms with E-state index in [4.69, 9.17) is 70.2 Å². The highest BCUT2D eigenvalue weighted by Gasteiger charge is 2.38. The Morgan fingerprint density at radius 2 is 1.04 bits per heavy atom. The largest absolute Gasteiger partial charge is 0.480 e. The number of hydrogen-bond donors (Lipinski definition) is 0. The molecule has 0 atom stereocenters. The number of sulfonamides is 2. The third-order valence-electron chi connectivity index (χ3n) is 9.49. The summed E-state index contributed by atoms with van der Waals surface area (Å²) in [6, 6.07) is 13.0. The molecule has 18 nitrogen and oxygen atoms in total. The number of nitrogens with zero attached hydrogens (tertiary/aromatic N) is 7. The Bertz CT molecular complexity index is 3250. The van der Waals surface area contributed by atoms with Crippen molar-refractivity contribution in [2.45, 2.75) is 22.1 Å². The van der Waals surface area contributed by atoms with Gasteiger partial charge >= 0.3 is 12.4 Å². The topological polar surface area (TPSA) is 210 Å². The maximum absolute atomic E-state index is 13.5. The molecule has 0 fully saturated rings. The van der Waals surface area contributed by atoms with Crippen molar-refractivity contribution in [1.29, 1.82) is 0 Å². The Hall–Kier alpha value is -5.62. The molecule has 404 valence electrons. The molecule has 31 heteroatoms. The molecule has 0 saturated heterocycles. The third-order valence-corrected chi connectivity index (χ3v) is 14.6. The van der Waals surface area contributed by atoms with Gasteiger partial charge in [0.15, 0.2) is 0 Å². The molecule has 6 aromatic rings. The van der Waals surface area contributed by atoms with Gasteiger partial charge in [0, 0.05) is 46.1 Å². The minimum atomic E-state index is -4.91. The first-order chi connectivity index (χ1) is 35.1. The van der Waals surface area contributed by atoms with E-state index in [-0.39, 0.29) is 49.1 Å². The maximum Gasteiger partial charge on any atom is 0.417 e. The third kappa shape index (κ3) is 15.3. The number of ketones is 1. The molecule has 0 aliphatic carbocycles. The van der Waals surface area contributed by atoms with Gasteiger partial charge in [-0.2, -0.15) is 26.3 Å². The summed E-state index contributed by atoms with van der Waals surface area (Å²) >= 11 is 26.2. The molecule has 4 aromatic heterocycles. The fourth-order valence-electron chi connectivity index (χ4n) is 5.99. The number of amides is 1. The summed E-state index contributed by atoms with van der Waals surface area (Å²) in [4.78, 5) is 44.1. The van der Waals surface area contributed by atoms with Gasteiger partial charge in [0.1, 0.15) is 29.3 Å².